The molecule has 0 aromatic heterocycles. The number of rotatable bonds is 2. The molecule has 0 aliphatic rings. The number of nitrogens with two attached hydrogens (primary N) is 1. The molecule has 0 saturated carbocycles. The second kappa shape index (κ2) is 2.22. The highest BCUT2D eigenvalue weighted by atomic mass is 19.3. The zero-order chi connectivity index (χ0) is 7.65. The SMILES string of the molecule is NC(=O)C(O)(F)C(F)F. The maximum atomic E-state index is 11.7. The van der Waals surface area contributed by atoms with Gasteiger partial charge >= 0.3 is 12.3 Å². The van der Waals surface area contributed by atoms with Crippen LogP contribution in [0.15, 0.2) is 0 Å². The molecule has 3 nitrogen and oxygen atoms in total. The van der Waals surface area contributed by atoms with Crippen molar-refractivity contribution >= 4 is 5.91 Å². The number of carbonyl (C=O) groups excluding carboxylic acids is 1. The predicted molar refractivity (Wildman–Crippen MR) is 21.3 cm³/mol. The molecule has 0 spiro atoms. The summed E-state index contributed by atoms with van der Waals surface area (Å²) in [5.74, 6) is -6.28. The Labute approximate surface area is 48.3 Å². The van der Waals surface area contributed by atoms with Crippen LogP contribution in [0.1, 0.15) is 0 Å². The number of halogens is 3. The van der Waals surface area contributed by atoms with E-state index in [1.165, 1.54) is 0 Å². The Morgan fingerprint density at radius 1 is 1.67 bits per heavy atom. The molecule has 0 rings (SSSR count). The van der Waals surface area contributed by atoms with E-state index in [1.807, 2.05) is 0 Å². The van der Waals surface area contributed by atoms with Gasteiger partial charge in [0, 0.05) is 0 Å². The van der Waals surface area contributed by atoms with Gasteiger partial charge < -0.3 is 10.8 Å². The summed E-state index contributed by atoms with van der Waals surface area (Å²) in [6.45, 7) is 0. The number of primary amides is 1. The zero-order valence-electron chi connectivity index (χ0n) is 4.14. The molecular weight excluding hydrogens is 139 g/mol. The lowest BCUT2D eigenvalue weighted by molar-refractivity contribution is -0.193. The van der Waals surface area contributed by atoms with Crippen LogP contribution < -0.4 is 5.73 Å². The minimum atomic E-state index is -4.19. The van der Waals surface area contributed by atoms with Crippen LogP contribution in [0.5, 0.6) is 0 Å². The van der Waals surface area contributed by atoms with Crippen LogP contribution >= 0.6 is 0 Å². The first-order chi connectivity index (χ1) is 3.89. The standard InChI is InChI=1S/C3H4F3NO2/c4-1(5)3(6,9)2(7)8/h1,9H,(H2,7,8). The lowest BCUT2D eigenvalue weighted by atomic mass is 10.3. The molecule has 1 unspecified atom stereocenters. The fourth-order valence-electron chi connectivity index (χ4n) is 0.108. The molecule has 0 bridgehead atoms. The summed E-state index contributed by atoms with van der Waals surface area (Å²) in [5.41, 5.74) is 4.03. The maximum absolute atomic E-state index is 11.7. The lowest BCUT2D eigenvalue weighted by Crippen LogP contribution is -2.45. The second-order valence-corrected chi connectivity index (χ2v) is 1.34. The van der Waals surface area contributed by atoms with E-state index >= 15 is 0 Å². The normalized spacial score (nSPS) is 17.4. The van der Waals surface area contributed by atoms with Crippen molar-refractivity contribution in [3.05, 3.63) is 0 Å². The van der Waals surface area contributed by atoms with Crippen molar-refractivity contribution in [2.75, 3.05) is 0 Å². The molecule has 0 aliphatic carbocycles. The first-order valence-electron chi connectivity index (χ1n) is 1.88. The first-order valence-corrected chi connectivity index (χ1v) is 1.88. The molecule has 0 heterocycles. The summed E-state index contributed by atoms with van der Waals surface area (Å²) in [5, 5.41) is 7.78. The van der Waals surface area contributed by atoms with E-state index in [1.54, 1.807) is 0 Å². The van der Waals surface area contributed by atoms with Crippen LogP contribution in [0, 0.1) is 0 Å². The molecule has 3 N–H and O–H groups in total. The van der Waals surface area contributed by atoms with E-state index < -0.39 is 18.2 Å². The Balaban J connectivity index is 4.19. The van der Waals surface area contributed by atoms with Gasteiger partial charge in [0.15, 0.2) is 0 Å². The summed E-state index contributed by atoms with van der Waals surface area (Å²) in [4.78, 5) is 9.58. The minimum Gasteiger partial charge on any atom is -0.365 e. The van der Waals surface area contributed by atoms with Crippen molar-refractivity contribution in [1.29, 1.82) is 0 Å². The highest BCUT2D eigenvalue weighted by Crippen LogP contribution is 2.15. The monoisotopic (exact) mass is 143 g/mol. The highest BCUT2D eigenvalue weighted by Gasteiger charge is 2.44. The molecule has 1 amide bonds. The Hall–Kier alpha value is -0.780. The van der Waals surface area contributed by atoms with Crippen LogP contribution in [-0.4, -0.2) is 23.3 Å². The van der Waals surface area contributed by atoms with Gasteiger partial charge in [0.25, 0.3) is 5.91 Å². The van der Waals surface area contributed by atoms with Gasteiger partial charge in [-0.3, -0.25) is 4.79 Å². The molecular formula is C3H4F3NO2. The van der Waals surface area contributed by atoms with Crippen molar-refractivity contribution < 1.29 is 23.1 Å². The average Bonchev–Trinajstić information content (AvgIpc) is 1.65. The fraction of sp³-hybridized carbons (Fsp3) is 0.667. The molecule has 0 saturated heterocycles. The van der Waals surface area contributed by atoms with E-state index in [9.17, 15) is 18.0 Å². The van der Waals surface area contributed by atoms with Crippen molar-refractivity contribution in [3.63, 3.8) is 0 Å². The summed E-state index contributed by atoms with van der Waals surface area (Å²) in [6, 6.07) is 0. The van der Waals surface area contributed by atoms with Gasteiger partial charge in [-0.25, -0.2) is 8.78 Å². The van der Waals surface area contributed by atoms with Crippen LogP contribution in [0.4, 0.5) is 13.2 Å². The van der Waals surface area contributed by atoms with E-state index in [-0.39, 0.29) is 0 Å². The molecule has 0 fully saturated rings. The van der Waals surface area contributed by atoms with Gasteiger partial charge in [-0.2, -0.15) is 4.39 Å². The Bertz CT molecular complexity index is 124. The van der Waals surface area contributed by atoms with Crippen molar-refractivity contribution in [2.24, 2.45) is 5.73 Å². The number of hydrogen-bond donors (Lipinski definition) is 2. The summed E-state index contributed by atoms with van der Waals surface area (Å²) < 4.78 is 33.9. The number of hydrogen-bond acceptors (Lipinski definition) is 2. The van der Waals surface area contributed by atoms with Gasteiger partial charge in [-0.1, -0.05) is 0 Å². The van der Waals surface area contributed by atoms with E-state index in [0.717, 1.165) is 0 Å². The Kier molecular flexibility index (Phi) is 2.03. The Morgan fingerprint density at radius 2 is 2.00 bits per heavy atom. The molecule has 1 atom stereocenters. The summed E-state index contributed by atoms with van der Waals surface area (Å²) in [7, 11) is 0. The van der Waals surface area contributed by atoms with Gasteiger partial charge in [0.05, 0.1) is 0 Å². The smallest absolute Gasteiger partial charge is 0.346 e. The number of alkyl halides is 3. The van der Waals surface area contributed by atoms with E-state index in [0.29, 0.717) is 0 Å². The van der Waals surface area contributed by atoms with Gasteiger partial charge in [0.1, 0.15) is 0 Å². The number of carbonyl (C=O) groups is 1. The molecule has 0 radical (unpaired) electrons. The third-order valence-electron chi connectivity index (χ3n) is 0.635. The largest absolute Gasteiger partial charge is 0.365 e. The summed E-state index contributed by atoms with van der Waals surface area (Å²) in [6.07, 6.45) is -3.80. The first kappa shape index (κ1) is 8.22. The third-order valence-corrected chi connectivity index (χ3v) is 0.635. The molecule has 9 heavy (non-hydrogen) atoms. The molecule has 6 heteroatoms. The van der Waals surface area contributed by atoms with Crippen molar-refractivity contribution in [2.45, 2.75) is 12.3 Å². The van der Waals surface area contributed by atoms with Crippen LogP contribution in [0.3, 0.4) is 0 Å². The van der Waals surface area contributed by atoms with E-state index in [4.69, 9.17) is 5.11 Å². The van der Waals surface area contributed by atoms with E-state index in [2.05, 4.69) is 5.73 Å². The molecule has 0 aliphatic heterocycles. The van der Waals surface area contributed by atoms with Gasteiger partial charge in [0.2, 0.25) is 0 Å². The fourth-order valence-corrected chi connectivity index (χ4v) is 0.108. The highest BCUT2D eigenvalue weighted by molar-refractivity contribution is 5.81. The molecule has 54 valence electrons. The van der Waals surface area contributed by atoms with Crippen molar-refractivity contribution in [1.82, 2.24) is 0 Å². The number of amides is 1. The predicted octanol–water partition coefficient (Wildman–Crippen LogP) is -0.605. The Morgan fingerprint density at radius 3 is 2.00 bits per heavy atom. The molecule has 0 aromatic rings. The number of aliphatic hydroxyl groups is 1. The summed E-state index contributed by atoms with van der Waals surface area (Å²) >= 11 is 0. The second-order valence-electron chi connectivity index (χ2n) is 1.34. The van der Waals surface area contributed by atoms with Crippen LogP contribution in [0.2, 0.25) is 0 Å². The average molecular weight is 143 g/mol. The zero-order valence-corrected chi connectivity index (χ0v) is 4.14. The van der Waals surface area contributed by atoms with Crippen LogP contribution in [0.25, 0.3) is 0 Å². The van der Waals surface area contributed by atoms with Crippen molar-refractivity contribution in [3.8, 4) is 0 Å². The van der Waals surface area contributed by atoms with Gasteiger partial charge in [-0.05, 0) is 0 Å². The van der Waals surface area contributed by atoms with Crippen LogP contribution in [-0.2, 0) is 4.79 Å². The lowest BCUT2D eigenvalue weighted by Gasteiger charge is -2.11. The van der Waals surface area contributed by atoms with Gasteiger partial charge in [-0.15, -0.1) is 0 Å². The minimum absolute atomic E-state index is 2.09. The molecule has 0 aromatic carbocycles. The maximum Gasteiger partial charge on any atom is 0.346 e. The topological polar surface area (TPSA) is 63.3 Å². The third kappa shape index (κ3) is 1.56. The quantitative estimate of drug-likeness (QED) is 0.541.